The van der Waals surface area contributed by atoms with E-state index in [0.717, 1.165) is 5.92 Å². The van der Waals surface area contributed by atoms with Gasteiger partial charge in [-0.25, -0.2) is 0 Å². The molecule has 3 aliphatic carbocycles. The smallest absolute Gasteiger partial charge is 0.00442 e. The molecule has 0 heteroatoms. The molecule has 3 rings (SSSR count). The van der Waals surface area contributed by atoms with Crippen LogP contribution in [0, 0.1) is 11.3 Å². The first-order valence-electron chi connectivity index (χ1n) is 7.20. The minimum atomic E-state index is 0.675. The molecule has 0 radical (unpaired) electrons. The van der Waals surface area contributed by atoms with Crippen LogP contribution >= 0.6 is 0 Å². The van der Waals surface area contributed by atoms with Crippen LogP contribution in [-0.4, -0.2) is 0 Å². The monoisotopic (exact) mass is 216 g/mol. The van der Waals surface area contributed by atoms with Gasteiger partial charge < -0.3 is 0 Å². The first kappa shape index (κ1) is 10.6. The van der Waals surface area contributed by atoms with Crippen molar-refractivity contribution < 1.29 is 0 Å². The summed E-state index contributed by atoms with van der Waals surface area (Å²) in [4.78, 5) is 0. The molecular formula is C16H24. The van der Waals surface area contributed by atoms with Gasteiger partial charge >= 0.3 is 0 Å². The number of hydrogen-bond donors (Lipinski definition) is 0. The molecule has 0 heterocycles. The molecule has 0 aliphatic heterocycles. The van der Waals surface area contributed by atoms with E-state index in [-0.39, 0.29) is 0 Å². The van der Waals surface area contributed by atoms with Gasteiger partial charge in [-0.15, -0.1) is 0 Å². The Morgan fingerprint density at radius 3 is 2.75 bits per heavy atom. The predicted octanol–water partition coefficient (Wildman–Crippen LogP) is 5.01. The molecule has 0 N–H and O–H groups in total. The molecule has 16 heavy (non-hydrogen) atoms. The van der Waals surface area contributed by atoms with E-state index in [1.54, 1.807) is 11.1 Å². The van der Waals surface area contributed by atoms with E-state index in [2.05, 4.69) is 19.9 Å². The zero-order valence-corrected chi connectivity index (χ0v) is 10.8. The van der Waals surface area contributed by atoms with Gasteiger partial charge in [0, 0.05) is 0 Å². The second-order valence-corrected chi connectivity index (χ2v) is 6.14. The Bertz CT molecular complexity index is 349. The predicted molar refractivity (Wildman–Crippen MR) is 69.3 cm³/mol. The SMILES string of the molecule is CCCC1=C2CCC3(CCC3)C2=CCC1C. The maximum absolute atomic E-state index is 2.60. The summed E-state index contributed by atoms with van der Waals surface area (Å²) < 4.78 is 0. The highest BCUT2D eigenvalue weighted by atomic mass is 14.5. The molecule has 1 atom stereocenters. The normalized spacial score (nSPS) is 31.4. The summed E-state index contributed by atoms with van der Waals surface area (Å²) in [5.74, 6) is 0.828. The van der Waals surface area contributed by atoms with Crippen LogP contribution in [0.2, 0.25) is 0 Å². The molecule has 2 fully saturated rings. The third-order valence-electron chi connectivity index (χ3n) is 5.24. The van der Waals surface area contributed by atoms with Gasteiger partial charge in [0.05, 0.1) is 0 Å². The highest BCUT2D eigenvalue weighted by Gasteiger charge is 2.46. The minimum Gasteiger partial charge on any atom is -0.0799 e. The summed E-state index contributed by atoms with van der Waals surface area (Å²) in [7, 11) is 0. The van der Waals surface area contributed by atoms with Gasteiger partial charge in [-0.1, -0.05) is 38.3 Å². The molecule has 1 spiro atoms. The molecule has 0 aromatic carbocycles. The lowest BCUT2D eigenvalue weighted by atomic mass is 9.63. The second-order valence-electron chi connectivity index (χ2n) is 6.14. The van der Waals surface area contributed by atoms with E-state index < -0.39 is 0 Å². The van der Waals surface area contributed by atoms with Crippen molar-refractivity contribution in [2.24, 2.45) is 11.3 Å². The van der Waals surface area contributed by atoms with E-state index in [9.17, 15) is 0 Å². The fourth-order valence-electron chi connectivity index (χ4n) is 4.15. The molecule has 0 amide bonds. The molecule has 2 saturated carbocycles. The lowest BCUT2D eigenvalue weighted by Gasteiger charge is -2.41. The van der Waals surface area contributed by atoms with Gasteiger partial charge in [0.15, 0.2) is 0 Å². The Labute approximate surface area is 99.8 Å². The number of fused-ring (bicyclic) bond motifs is 2. The van der Waals surface area contributed by atoms with Crippen LogP contribution in [0.4, 0.5) is 0 Å². The molecule has 0 aromatic heterocycles. The van der Waals surface area contributed by atoms with Crippen LogP contribution in [0.3, 0.4) is 0 Å². The van der Waals surface area contributed by atoms with Crippen LogP contribution < -0.4 is 0 Å². The molecule has 88 valence electrons. The fraction of sp³-hybridized carbons (Fsp3) is 0.750. The summed E-state index contributed by atoms with van der Waals surface area (Å²) in [5, 5.41) is 0. The molecule has 0 saturated heterocycles. The maximum Gasteiger partial charge on any atom is -0.00442 e. The Morgan fingerprint density at radius 2 is 2.12 bits per heavy atom. The van der Waals surface area contributed by atoms with Crippen molar-refractivity contribution in [3.05, 3.63) is 22.8 Å². The third-order valence-corrected chi connectivity index (χ3v) is 5.24. The third kappa shape index (κ3) is 1.35. The van der Waals surface area contributed by atoms with Gasteiger partial charge in [-0.2, -0.15) is 0 Å². The van der Waals surface area contributed by atoms with Gasteiger partial charge in [-0.3, -0.25) is 0 Å². The van der Waals surface area contributed by atoms with Crippen molar-refractivity contribution in [1.29, 1.82) is 0 Å². The first-order chi connectivity index (χ1) is 7.77. The summed E-state index contributed by atoms with van der Waals surface area (Å²) in [5.41, 5.74) is 6.11. The van der Waals surface area contributed by atoms with E-state index in [0.29, 0.717) is 5.41 Å². The van der Waals surface area contributed by atoms with Crippen LogP contribution in [-0.2, 0) is 0 Å². The molecule has 3 aliphatic rings. The summed E-state index contributed by atoms with van der Waals surface area (Å²) in [6.45, 7) is 4.75. The lowest BCUT2D eigenvalue weighted by molar-refractivity contribution is 0.194. The summed E-state index contributed by atoms with van der Waals surface area (Å²) in [6, 6.07) is 0. The Kier molecular flexibility index (Phi) is 2.49. The molecule has 0 nitrogen and oxygen atoms in total. The van der Waals surface area contributed by atoms with E-state index in [4.69, 9.17) is 0 Å². The highest BCUT2D eigenvalue weighted by molar-refractivity contribution is 5.48. The van der Waals surface area contributed by atoms with E-state index in [1.165, 1.54) is 51.4 Å². The Balaban J connectivity index is 1.96. The number of hydrogen-bond acceptors (Lipinski definition) is 0. The van der Waals surface area contributed by atoms with Gasteiger partial charge in [0.2, 0.25) is 0 Å². The van der Waals surface area contributed by atoms with Gasteiger partial charge in [0.25, 0.3) is 0 Å². The minimum absolute atomic E-state index is 0.675. The van der Waals surface area contributed by atoms with Crippen LogP contribution in [0.15, 0.2) is 22.8 Å². The molecular weight excluding hydrogens is 192 g/mol. The summed E-state index contributed by atoms with van der Waals surface area (Å²) >= 11 is 0. The van der Waals surface area contributed by atoms with Gasteiger partial charge in [0.1, 0.15) is 0 Å². The average Bonchev–Trinajstić information content (AvgIpc) is 2.61. The van der Waals surface area contributed by atoms with Crippen molar-refractivity contribution in [1.82, 2.24) is 0 Å². The largest absolute Gasteiger partial charge is 0.0799 e. The Morgan fingerprint density at radius 1 is 1.31 bits per heavy atom. The fourth-order valence-corrected chi connectivity index (χ4v) is 4.15. The Hall–Kier alpha value is -0.520. The van der Waals surface area contributed by atoms with E-state index >= 15 is 0 Å². The molecule has 1 unspecified atom stereocenters. The number of allylic oxidation sites excluding steroid dienone is 4. The van der Waals surface area contributed by atoms with Crippen LogP contribution in [0.25, 0.3) is 0 Å². The lowest BCUT2D eigenvalue weighted by Crippen LogP contribution is -2.28. The standard InChI is InChI=1S/C16H24/c1-3-5-13-12(2)6-7-15-14(13)8-11-16(15)9-4-10-16/h7,12H,3-6,8-11H2,1-2H3. The van der Waals surface area contributed by atoms with Crippen LogP contribution in [0.5, 0.6) is 0 Å². The topological polar surface area (TPSA) is 0 Å². The highest BCUT2D eigenvalue weighted by Crippen LogP contribution is 2.60. The van der Waals surface area contributed by atoms with Crippen molar-refractivity contribution >= 4 is 0 Å². The average molecular weight is 216 g/mol. The zero-order valence-electron chi connectivity index (χ0n) is 10.8. The second kappa shape index (κ2) is 3.75. The van der Waals surface area contributed by atoms with E-state index in [1.807, 2.05) is 5.57 Å². The van der Waals surface area contributed by atoms with Gasteiger partial charge in [-0.05, 0) is 61.0 Å². The first-order valence-corrected chi connectivity index (χ1v) is 7.20. The zero-order chi connectivity index (χ0) is 11.2. The van der Waals surface area contributed by atoms with Crippen LogP contribution in [0.1, 0.15) is 65.2 Å². The van der Waals surface area contributed by atoms with Crippen molar-refractivity contribution in [3.63, 3.8) is 0 Å². The molecule has 0 aromatic rings. The van der Waals surface area contributed by atoms with Crippen molar-refractivity contribution in [3.8, 4) is 0 Å². The molecule has 0 bridgehead atoms. The maximum atomic E-state index is 2.60. The van der Waals surface area contributed by atoms with Crippen molar-refractivity contribution in [2.45, 2.75) is 65.2 Å². The van der Waals surface area contributed by atoms with Crippen molar-refractivity contribution in [2.75, 3.05) is 0 Å². The summed E-state index contributed by atoms with van der Waals surface area (Å²) in [6.07, 6.45) is 13.9. The quantitative estimate of drug-likeness (QED) is 0.608. The number of rotatable bonds is 2.